The zero-order valence-corrected chi connectivity index (χ0v) is 12.6. The van der Waals surface area contributed by atoms with Crippen LogP contribution in [0.3, 0.4) is 0 Å². The predicted molar refractivity (Wildman–Crippen MR) is 80.4 cm³/mol. The van der Waals surface area contributed by atoms with Crippen molar-refractivity contribution in [3.8, 4) is 0 Å². The molecule has 3 N–H and O–H groups in total. The molecule has 0 unspecified atom stereocenters. The summed E-state index contributed by atoms with van der Waals surface area (Å²) in [6, 6.07) is 3.28. The maximum Gasteiger partial charge on any atom is 0.335 e. The van der Waals surface area contributed by atoms with Gasteiger partial charge in [-0.3, -0.25) is 0 Å². The SMILES string of the molecule is Nc1c(Br)cc(C(=O)O)cc1CCC1CCCCC1. The number of rotatable bonds is 4. The normalized spacial score (nSPS) is 16.5. The van der Waals surface area contributed by atoms with Crippen molar-refractivity contribution >= 4 is 27.6 Å². The summed E-state index contributed by atoms with van der Waals surface area (Å²) in [6.07, 6.45) is 8.62. The summed E-state index contributed by atoms with van der Waals surface area (Å²) in [7, 11) is 0. The van der Waals surface area contributed by atoms with Gasteiger partial charge in [-0.05, 0) is 52.4 Å². The monoisotopic (exact) mass is 325 g/mol. The molecule has 0 radical (unpaired) electrons. The van der Waals surface area contributed by atoms with Crippen LogP contribution >= 0.6 is 15.9 Å². The number of carboxylic acid groups (broad SMARTS) is 1. The molecule has 1 aromatic rings. The largest absolute Gasteiger partial charge is 0.478 e. The first-order valence-corrected chi connectivity index (χ1v) is 7.68. The molecule has 0 atom stereocenters. The first kappa shape index (κ1) is 14.4. The van der Waals surface area contributed by atoms with Crippen LogP contribution in [0.5, 0.6) is 0 Å². The number of carbonyl (C=O) groups is 1. The Balaban J connectivity index is 2.08. The number of hydrogen-bond donors (Lipinski definition) is 2. The summed E-state index contributed by atoms with van der Waals surface area (Å²) in [5.74, 6) is -0.125. The van der Waals surface area contributed by atoms with Gasteiger partial charge in [0.05, 0.1) is 5.56 Å². The van der Waals surface area contributed by atoms with E-state index in [0.29, 0.717) is 15.7 Å². The Kier molecular flexibility index (Phi) is 4.86. The number of nitrogens with two attached hydrogens (primary N) is 1. The van der Waals surface area contributed by atoms with Crippen LogP contribution in [0.1, 0.15) is 54.4 Å². The molecule has 4 heteroatoms. The highest BCUT2D eigenvalue weighted by atomic mass is 79.9. The van der Waals surface area contributed by atoms with Crippen molar-refractivity contribution in [2.45, 2.75) is 44.9 Å². The van der Waals surface area contributed by atoms with Gasteiger partial charge in [0.25, 0.3) is 0 Å². The minimum absolute atomic E-state index is 0.305. The average Bonchev–Trinajstić information content (AvgIpc) is 2.41. The van der Waals surface area contributed by atoms with Crippen LogP contribution in [0.15, 0.2) is 16.6 Å². The van der Waals surface area contributed by atoms with Crippen LogP contribution in [-0.4, -0.2) is 11.1 Å². The van der Waals surface area contributed by atoms with Gasteiger partial charge in [0.15, 0.2) is 0 Å². The Labute approximate surface area is 122 Å². The lowest BCUT2D eigenvalue weighted by atomic mass is 9.85. The standard InChI is InChI=1S/C15H20BrNO2/c16-13-9-12(15(18)19)8-11(14(13)17)7-6-10-4-2-1-3-5-10/h8-10H,1-7,17H2,(H,18,19). The van der Waals surface area contributed by atoms with Gasteiger partial charge in [0.1, 0.15) is 0 Å². The first-order valence-electron chi connectivity index (χ1n) is 6.89. The number of aromatic carboxylic acids is 1. The quantitative estimate of drug-likeness (QED) is 0.813. The van der Waals surface area contributed by atoms with Crippen molar-refractivity contribution in [1.82, 2.24) is 0 Å². The molecule has 0 heterocycles. The molecule has 1 aliphatic carbocycles. The fourth-order valence-electron chi connectivity index (χ4n) is 2.84. The third-order valence-electron chi connectivity index (χ3n) is 4.01. The van der Waals surface area contributed by atoms with Crippen LogP contribution < -0.4 is 5.73 Å². The minimum atomic E-state index is -0.903. The van der Waals surface area contributed by atoms with E-state index in [1.54, 1.807) is 12.1 Å². The van der Waals surface area contributed by atoms with Crippen LogP contribution in [-0.2, 0) is 6.42 Å². The third kappa shape index (κ3) is 3.72. The van der Waals surface area contributed by atoms with Crippen molar-refractivity contribution in [1.29, 1.82) is 0 Å². The van der Waals surface area contributed by atoms with E-state index in [4.69, 9.17) is 10.8 Å². The van der Waals surface area contributed by atoms with Gasteiger partial charge in [-0.1, -0.05) is 32.1 Å². The van der Waals surface area contributed by atoms with E-state index in [2.05, 4.69) is 15.9 Å². The van der Waals surface area contributed by atoms with Crippen molar-refractivity contribution in [2.24, 2.45) is 5.92 Å². The number of hydrogen-bond acceptors (Lipinski definition) is 2. The molecule has 0 aromatic heterocycles. The molecule has 3 nitrogen and oxygen atoms in total. The molecule has 0 spiro atoms. The molecule has 1 fully saturated rings. The predicted octanol–water partition coefficient (Wildman–Crippen LogP) is 4.24. The van der Waals surface area contributed by atoms with E-state index < -0.39 is 5.97 Å². The van der Waals surface area contributed by atoms with E-state index in [0.717, 1.165) is 24.3 Å². The molecular weight excluding hydrogens is 306 g/mol. The third-order valence-corrected chi connectivity index (χ3v) is 4.66. The summed E-state index contributed by atoms with van der Waals surface area (Å²) in [4.78, 5) is 11.1. The number of benzene rings is 1. The van der Waals surface area contributed by atoms with E-state index >= 15 is 0 Å². The fraction of sp³-hybridized carbons (Fsp3) is 0.533. The molecule has 2 rings (SSSR count). The molecule has 1 saturated carbocycles. The maximum absolute atomic E-state index is 11.1. The minimum Gasteiger partial charge on any atom is -0.478 e. The summed E-state index contributed by atoms with van der Waals surface area (Å²) in [6.45, 7) is 0. The lowest BCUT2D eigenvalue weighted by Crippen LogP contribution is -2.09. The van der Waals surface area contributed by atoms with Gasteiger partial charge in [0.2, 0.25) is 0 Å². The van der Waals surface area contributed by atoms with Gasteiger partial charge >= 0.3 is 5.97 Å². The van der Waals surface area contributed by atoms with E-state index in [1.807, 2.05) is 0 Å². The topological polar surface area (TPSA) is 63.3 Å². The van der Waals surface area contributed by atoms with Gasteiger partial charge in [-0.15, -0.1) is 0 Å². The Bertz CT molecular complexity index is 467. The van der Waals surface area contributed by atoms with Crippen LogP contribution in [0.25, 0.3) is 0 Å². The summed E-state index contributed by atoms with van der Waals surface area (Å²) in [5.41, 5.74) is 7.97. The second-order valence-corrected chi connectivity index (χ2v) is 6.23. The van der Waals surface area contributed by atoms with Crippen LogP contribution in [0.4, 0.5) is 5.69 Å². The highest BCUT2D eigenvalue weighted by Gasteiger charge is 2.15. The Morgan fingerprint density at radius 2 is 2.00 bits per heavy atom. The summed E-state index contributed by atoms with van der Waals surface area (Å²) >= 11 is 3.34. The highest BCUT2D eigenvalue weighted by molar-refractivity contribution is 9.10. The second kappa shape index (κ2) is 6.42. The molecule has 0 bridgehead atoms. The zero-order chi connectivity index (χ0) is 13.8. The van der Waals surface area contributed by atoms with E-state index in [-0.39, 0.29) is 0 Å². The lowest BCUT2D eigenvalue weighted by molar-refractivity contribution is 0.0696. The highest BCUT2D eigenvalue weighted by Crippen LogP contribution is 2.31. The fourth-order valence-corrected chi connectivity index (χ4v) is 3.34. The Hall–Kier alpha value is -1.03. The van der Waals surface area contributed by atoms with Crippen molar-refractivity contribution in [3.63, 3.8) is 0 Å². The Morgan fingerprint density at radius 1 is 1.32 bits per heavy atom. The van der Waals surface area contributed by atoms with Crippen molar-refractivity contribution < 1.29 is 9.90 Å². The van der Waals surface area contributed by atoms with E-state index in [1.165, 1.54) is 32.1 Å². The molecule has 104 valence electrons. The molecule has 0 saturated heterocycles. The molecule has 19 heavy (non-hydrogen) atoms. The molecule has 1 aromatic carbocycles. The first-order chi connectivity index (χ1) is 9.08. The zero-order valence-electron chi connectivity index (χ0n) is 11.0. The lowest BCUT2D eigenvalue weighted by Gasteiger charge is -2.21. The molecular formula is C15H20BrNO2. The van der Waals surface area contributed by atoms with Crippen LogP contribution in [0, 0.1) is 5.92 Å². The van der Waals surface area contributed by atoms with Gasteiger partial charge in [-0.25, -0.2) is 4.79 Å². The smallest absolute Gasteiger partial charge is 0.335 e. The van der Waals surface area contributed by atoms with E-state index in [9.17, 15) is 4.79 Å². The Morgan fingerprint density at radius 3 is 2.63 bits per heavy atom. The average molecular weight is 326 g/mol. The summed E-state index contributed by atoms with van der Waals surface area (Å²) < 4.78 is 0.686. The number of nitrogen functional groups attached to an aromatic ring is 1. The van der Waals surface area contributed by atoms with Crippen molar-refractivity contribution in [2.75, 3.05) is 5.73 Å². The van der Waals surface area contributed by atoms with Gasteiger partial charge in [-0.2, -0.15) is 0 Å². The summed E-state index contributed by atoms with van der Waals surface area (Å²) in [5, 5.41) is 9.08. The molecule has 0 aliphatic heterocycles. The van der Waals surface area contributed by atoms with Crippen molar-refractivity contribution in [3.05, 3.63) is 27.7 Å². The number of carboxylic acids is 1. The molecule has 0 amide bonds. The second-order valence-electron chi connectivity index (χ2n) is 5.38. The number of aryl methyl sites for hydroxylation is 1. The molecule has 1 aliphatic rings. The van der Waals surface area contributed by atoms with Crippen LogP contribution in [0.2, 0.25) is 0 Å². The van der Waals surface area contributed by atoms with Gasteiger partial charge in [0, 0.05) is 10.2 Å². The van der Waals surface area contributed by atoms with Gasteiger partial charge < -0.3 is 10.8 Å². The number of halogens is 1. The number of anilines is 1. The maximum atomic E-state index is 11.1.